The van der Waals surface area contributed by atoms with Crippen LogP contribution in [0.15, 0.2) is 36.4 Å². The van der Waals surface area contributed by atoms with Crippen LogP contribution in [0.1, 0.15) is 81.8 Å². The fourth-order valence-corrected chi connectivity index (χ4v) is 7.73. The fraction of sp³-hybridized carbons (Fsp3) is 0.517. The Bertz CT molecular complexity index is 1570. The van der Waals surface area contributed by atoms with Crippen LogP contribution >= 0.6 is 0 Å². The van der Waals surface area contributed by atoms with Crippen molar-refractivity contribution in [2.75, 3.05) is 5.32 Å². The van der Waals surface area contributed by atoms with Crippen LogP contribution in [0.25, 0.3) is 11.0 Å². The molecule has 0 atom stereocenters. The number of hydrogen-bond acceptors (Lipinski definition) is 6. The zero-order valence-electron chi connectivity index (χ0n) is 23.7. The Labute approximate surface area is 237 Å². The van der Waals surface area contributed by atoms with E-state index in [9.17, 15) is 26.4 Å². The predicted octanol–water partition coefficient (Wildman–Crippen LogP) is 6.99. The lowest BCUT2D eigenvalue weighted by Crippen LogP contribution is -2.35. The maximum Gasteiger partial charge on any atom is 0.573 e. The van der Waals surface area contributed by atoms with Crippen molar-refractivity contribution in [2.45, 2.75) is 84.4 Å². The lowest BCUT2D eigenvalue weighted by molar-refractivity contribution is -0.274. The van der Waals surface area contributed by atoms with Gasteiger partial charge in [-0.1, -0.05) is 27.7 Å². The second-order valence-corrected chi connectivity index (χ2v) is 14.9. The van der Waals surface area contributed by atoms with Crippen molar-refractivity contribution < 1.29 is 31.1 Å². The van der Waals surface area contributed by atoms with E-state index in [4.69, 9.17) is 4.98 Å². The van der Waals surface area contributed by atoms with E-state index in [1.807, 2.05) is 6.07 Å². The first kappa shape index (κ1) is 29.2. The summed E-state index contributed by atoms with van der Waals surface area (Å²) in [5.74, 6) is -0.550. The highest BCUT2D eigenvalue weighted by Crippen LogP contribution is 2.51. The van der Waals surface area contributed by atoms with Crippen molar-refractivity contribution in [3.63, 3.8) is 0 Å². The van der Waals surface area contributed by atoms with E-state index in [-0.39, 0.29) is 28.2 Å². The number of carbonyl (C=O) groups excluding carboxylic acids is 1. The fourth-order valence-electron chi connectivity index (χ4n) is 6.43. The third kappa shape index (κ3) is 6.63. The average molecular weight is 593 g/mol. The minimum atomic E-state index is -4.79. The molecule has 0 unspecified atom stereocenters. The summed E-state index contributed by atoms with van der Waals surface area (Å²) >= 11 is 0. The Morgan fingerprint density at radius 1 is 1.05 bits per heavy atom. The van der Waals surface area contributed by atoms with Crippen LogP contribution in [-0.4, -0.2) is 35.5 Å². The number of sulfonamides is 1. The third-order valence-electron chi connectivity index (χ3n) is 7.72. The quantitative estimate of drug-likeness (QED) is 0.307. The van der Waals surface area contributed by atoms with Crippen LogP contribution in [0.5, 0.6) is 5.75 Å². The van der Waals surface area contributed by atoms with E-state index in [0.717, 1.165) is 24.8 Å². The lowest BCUT2D eigenvalue weighted by Gasteiger charge is -2.45. The number of aromatic nitrogens is 2. The summed E-state index contributed by atoms with van der Waals surface area (Å²) in [5.41, 5.74) is 2.71. The van der Waals surface area contributed by atoms with Gasteiger partial charge in [0.2, 0.25) is 16.0 Å². The van der Waals surface area contributed by atoms with Crippen molar-refractivity contribution in [1.82, 2.24) is 14.3 Å². The SMILES string of the molecule is Cc1cc2c(cc1C(=O)NS(=O)(=O)C1CC1)nc(Nc1ccc(OC(F)(F)F)cc1)n2C1CC(C)(C)CC(C)(C)C1. The standard InChI is InChI=1S/C29H35F3N4O4S/c1-17-12-24-23(13-22(17)25(37)35-41(38,39)21-10-11-21)34-26(33-18-6-8-20(9-7-18)40-29(30,31)32)36(24)19-14-27(2,3)16-28(4,5)15-19/h6-9,12-13,19,21H,10-11,14-16H2,1-5H3,(H,33,34)(H,35,37). The number of carbonyl (C=O) groups is 1. The van der Waals surface area contributed by atoms with Gasteiger partial charge in [-0.05, 0) is 91.8 Å². The van der Waals surface area contributed by atoms with Crippen molar-refractivity contribution in [3.8, 4) is 5.75 Å². The van der Waals surface area contributed by atoms with Gasteiger partial charge >= 0.3 is 6.36 Å². The first-order valence-corrected chi connectivity index (χ1v) is 15.2. The number of anilines is 2. The van der Waals surface area contributed by atoms with Crippen molar-refractivity contribution in [3.05, 3.63) is 47.5 Å². The minimum Gasteiger partial charge on any atom is -0.406 e. The van der Waals surface area contributed by atoms with Crippen molar-refractivity contribution in [2.24, 2.45) is 10.8 Å². The second kappa shape index (κ2) is 9.92. The van der Waals surface area contributed by atoms with Crippen LogP contribution in [0.4, 0.5) is 24.8 Å². The van der Waals surface area contributed by atoms with Crippen LogP contribution in [0.3, 0.4) is 0 Å². The summed E-state index contributed by atoms with van der Waals surface area (Å²) in [6.07, 6.45) is -0.921. The molecule has 2 fully saturated rings. The highest BCUT2D eigenvalue weighted by atomic mass is 32.2. The largest absolute Gasteiger partial charge is 0.573 e. The summed E-state index contributed by atoms with van der Waals surface area (Å²) < 4.78 is 71.0. The molecule has 222 valence electrons. The molecular weight excluding hydrogens is 557 g/mol. The molecule has 2 aliphatic rings. The summed E-state index contributed by atoms with van der Waals surface area (Å²) in [5, 5.41) is 2.72. The Balaban J connectivity index is 1.55. The van der Waals surface area contributed by atoms with E-state index in [0.29, 0.717) is 35.6 Å². The van der Waals surface area contributed by atoms with E-state index in [1.165, 1.54) is 24.3 Å². The van der Waals surface area contributed by atoms with Gasteiger partial charge in [-0.15, -0.1) is 13.2 Å². The smallest absolute Gasteiger partial charge is 0.406 e. The highest BCUT2D eigenvalue weighted by Gasteiger charge is 2.41. The first-order valence-electron chi connectivity index (χ1n) is 13.6. The Kier molecular flexibility index (Phi) is 7.07. The minimum absolute atomic E-state index is 0.0445. The van der Waals surface area contributed by atoms with Gasteiger partial charge in [-0.3, -0.25) is 4.79 Å². The van der Waals surface area contributed by atoms with Crippen molar-refractivity contribution in [1.29, 1.82) is 0 Å². The summed E-state index contributed by atoms with van der Waals surface area (Å²) in [4.78, 5) is 17.8. The van der Waals surface area contributed by atoms with E-state index in [1.54, 1.807) is 13.0 Å². The lowest BCUT2D eigenvalue weighted by atomic mass is 9.63. The molecule has 2 saturated carbocycles. The zero-order valence-corrected chi connectivity index (χ0v) is 24.5. The molecule has 5 rings (SSSR count). The van der Waals surface area contributed by atoms with Gasteiger partial charge in [-0.2, -0.15) is 0 Å². The van der Waals surface area contributed by atoms with Crippen molar-refractivity contribution >= 4 is 38.6 Å². The number of alkyl halides is 3. The maximum atomic E-state index is 13.0. The molecular formula is C29H35F3N4O4S. The molecule has 0 saturated heterocycles. The van der Waals surface area contributed by atoms with E-state index >= 15 is 0 Å². The highest BCUT2D eigenvalue weighted by molar-refractivity contribution is 7.91. The van der Waals surface area contributed by atoms with Crippen LogP contribution in [0.2, 0.25) is 0 Å². The number of benzene rings is 2. The van der Waals surface area contributed by atoms with Crippen LogP contribution in [-0.2, 0) is 10.0 Å². The Morgan fingerprint density at radius 2 is 1.66 bits per heavy atom. The number of nitrogens with zero attached hydrogens (tertiary/aromatic N) is 2. The van der Waals surface area contributed by atoms with Gasteiger partial charge in [0.05, 0.1) is 16.3 Å². The number of aryl methyl sites for hydroxylation is 1. The molecule has 1 amide bonds. The molecule has 0 spiro atoms. The topological polar surface area (TPSA) is 102 Å². The Hall–Kier alpha value is -3.28. The summed E-state index contributed by atoms with van der Waals surface area (Å²) in [6.45, 7) is 10.7. The molecule has 3 aromatic rings. The number of nitrogens with one attached hydrogen (secondary N) is 2. The van der Waals surface area contributed by atoms with Gasteiger partial charge in [-0.25, -0.2) is 18.1 Å². The van der Waals surface area contributed by atoms with Gasteiger partial charge < -0.3 is 14.6 Å². The number of rotatable bonds is 7. The first-order chi connectivity index (χ1) is 18.9. The predicted molar refractivity (Wildman–Crippen MR) is 151 cm³/mol. The van der Waals surface area contributed by atoms with Gasteiger partial charge in [0.25, 0.3) is 5.91 Å². The molecule has 8 nitrogen and oxygen atoms in total. The van der Waals surface area contributed by atoms with Crippen LogP contribution in [0, 0.1) is 17.8 Å². The van der Waals surface area contributed by atoms with Crippen LogP contribution < -0.4 is 14.8 Å². The summed E-state index contributed by atoms with van der Waals surface area (Å²) in [7, 11) is -3.72. The third-order valence-corrected chi connectivity index (χ3v) is 9.54. The molecule has 0 bridgehead atoms. The molecule has 2 N–H and O–H groups in total. The normalized spacial score (nSPS) is 19.2. The molecule has 0 radical (unpaired) electrons. The molecule has 0 aliphatic heterocycles. The number of amides is 1. The van der Waals surface area contributed by atoms with Gasteiger partial charge in [0.1, 0.15) is 5.75 Å². The molecule has 2 aliphatic carbocycles. The average Bonchev–Trinajstić information content (AvgIpc) is 3.60. The Morgan fingerprint density at radius 3 is 2.22 bits per heavy atom. The van der Waals surface area contributed by atoms with E-state index in [2.05, 4.69) is 47.0 Å². The maximum absolute atomic E-state index is 13.0. The number of ether oxygens (including phenoxy) is 1. The molecule has 41 heavy (non-hydrogen) atoms. The molecule has 12 heteroatoms. The second-order valence-electron chi connectivity index (χ2n) is 12.9. The molecule has 2 aromatic carbocycles. The number of hydrogen-bond donors (Lipinski definition) is 2. The summed E-state index contributed by atoms with van der Waals surface area (Å²) in [6, 6.07) is 8.90. The van der Waals surface area contributed by atoms with Gasteiger partial charge in [0.15, 0.2) is 0 Å². The monoisotopic (exact) mass is 592 g/mol. The molecule has 1 heterocycles. The van der Waals surface area contributed by atoms with E-state index < -0.39 is 27.5 Å². The zero-order chi connectivity index (χ0) is 30.0. The number of fused-ring (bicyclic) bond motifs is 1. The number of imidazole rings is 1. The number of halogens is 3. The molecule has 1 aromatic heterocycles. The van der Waals surface area contributed by atoms with Gasteiger partial charge in [0, 0.05) is 17.3 Å².